The number of aromatic nitrogens is 1. The number of ketones is 3. The first-order valence-corrected chi connectivity index (χ1v) is 21.1. The Morgan fingerprint density at radius 2 is 1.53 bits per heavy atom. The molecule has 3 fully saturated rings. The van der Waals surface area contributed by atoms with Gasteiger partial charge in [0, 0.05) is 43.7 Å². The first kappa shape index (κ1) is 47.4. The molecule has 16 nitrogen and oxygen atoms in total. The van der Waals surface area contributed by atoms with Gasteiger partial charge in [0.2, 0.25) is 17.7 Å². The normalized spacial score (nSPS) is 19.8. The second kappa shape index (κ2) is 21.8. The molecule has 0 unspecified atom stereocenters. The number of likely N-dealkylation sites (tertiary alicyclic amines) is 1. The Morgan fingerprint density at radius 1 is 0.900 bits per heavy atom. The molecule has 0 spiro atoms. The summed E-state index contributed by atoms with van der Waals surface area (Å²) in [5.74, 6) is -9.06. The summed E-state index contributed by atoms with van der Waals surface area (Å²) >= 11 is 0. The van der Waals surface area contributed by atoms with Crippen LogP contribution in [0.1, 0.15) is 138 Å². The van der Waals surface area contributed by atoms with Crippen molar-refractivity contribution in [2.75, 3.05) is 13.7 Å². The summed E-state index contributed by atoms with van der Waals surface area (Å²) in [6, 6.07) is -2.45. The molecule has 1 saturated heterocycles. The molecular formula is C44H60N4O12. The van der Waals surface area contributed by atoms with Crippen LogP contribution in [0.2, 0.25) is 0 Å². The molecule has 4 rings (SSSR count). The molecule has 16 heteroatoms. The number of hydrogen-bond donors (Lipinski definition) is 4. The molecule has 0 radical (unpaired) electrons. The van der Waals surface area contributed by atoms with Crippen LogP contribution in [0.5, 0.6) is 0 Å². The van der Waals surface area contributed by atoms with Gasteiger partial charge in [-0.25, -0.2) is 9.59 Å². The van der Waals surface area contributed by atoms with Crippen LogP contribution in [0.25, 0.3) is 0 Å². The molecule has 2 saturated carbocycles. The molecule has 4 N–H and O–H groups in total. The number of carbonyl (C=O) groups excluding carboxylic acids is 7. The van der Waals surface area contributed by atoms with Crippen molar-refractivity contribution in [1.82, 2.24) is 20.5 Å². The quantitative estimate of drug-likeness (QED) is 0.0854. The zero-order chi connectivity index (χ0) is 44.1. The Bertz CT molecular complexity index is 1810. The van der Waals surface area contributed by atoms with Crippen molar-refractivity contribution in [3.63, 3.8) is 0 Å². The predicted molar refractivity (Wildman–Crippen MR) is 216 cm³/mol. The molecule has 1 aliphatic heterocycles. The van der Waals surface area contributed by atoms with Crippen LogP contribution >= 0.6 is 0 Å². The van der Waals surface area contributed by atoms with Crippen LogP contribution in [0.3, 0.4) is 0 Å². The van der Waals surface area contributed by atoms with E-state index in [9.17, 15) is 53.4 Å². The predicted octanol–water partition coefficient (Wildman–Crippen LogP) is 4.48. The lowest BCUT2D eigenvalue weighted by molar-refractivity contribution is -0.147. The van der Waals surface area contributed by atoms with Gasteiger partial charge in [-0.3, -0.25) is 38.5 Å². The minimum Gasteiger partial charge on any atom is -0.481 e. The van der Waals surface area contributed by atoms with E-state index in [-0.39, 0.29) is 54.4 Å². The Labute approximate surface area is 350 Å². The Kier molecular flexibility index (Phi) is 17.2. The summed E-state index contributed by atoms with van der Waals surface area (Å²) in [4.78, 5) is 124. The third kappa shape index (κ3) is 12.9. The van der Waals surface area contributed by atoms with E-state index in [2.05, 4.69) is 20.4 Å². The van der Waals surface area contributed by atoms with Crippen molar-refractivity contribution in [2.24, 2.45) is 29.1 Å². The van der Waals surface area contributed by atoms with Gasteiger partial charge in [-0.05, 0) is 61.8 Å². The number of esters is 1. The van der Waals surface area contributed by atoms with Gasteiger partial charge in [0.1, 0.15) is 12.1 Å². The Balaban J connectivity index is 1.57. The Hall–Kier alpha value is -5.28. The molecule has 60 heavy (non-hydrogen) atoms. The molecule has 2 aliphatic carbocycles. The lowest BCUT2D eigenvalue weighted by Gasteiger charge is -2.37. The van der Waals surface area contributed by atoms with Gasteiger partial charge in [-0.1, -0.05) is 65.4 Å². The van der Waals surface area contributed by atoms with E-state index in [1.54, 1.807) is 20.8 Å². The number of pyridine rings is 1. The number of allylic oxidation sites excluding steroid dienone is 1. The number of aliphatic carboxylic acids is 1. The van der Waals surface area contributed by atoms with Crippen molar-refractivity contribution in [3.8, 4) is 0 Å². The first-order valence-electron chi connectivity index (χ1n) is 21.1. The second-order valence-corrected chi connectivity index (χ2v) is 17.5. The van der Waals surface area contributed by atoms with E-state index in [0.29, 0.717) is 12.8 Å². The topological polar surface area (TPSA) is 244 Å². The maximum atomic E-state index is 14.5. The number of carbonyl (C=O) groups is 9. The smallest absolute Gasteiger partial charge is 0.336 e. The average Bonchev–Trinajstić information content (AvgIpc) is 3.63. The highest BCUT2D eigenvalue weighted by atomic mass is 16.5. The van der Waals surface area contributed by atoms with Gasteiger partial charge in [0.15, 0.2) is 17.3 Å². The number of hydrogen-bond acceptors (Lipinski definition) is 11. The zero-order valence-corrected chi connectivity index (χ0v) is 35.1. The Morgan fingerprint density at radius 3 is 2.12 bits per heavy atom. The summed E-state index contributed by atoms with van der Waals surface area (Å²) in [5.41, 5.74) is -1.51. The van der Waals surface area contributed by atoms with E-state index in [1.165, 1.54) is 25.4 Å². The van der Waals surface area contributed by atoms with E-state index in [0.717, 1.165) is 68.5 Å². The highest BCUT2D eigenvalue weighted by Gasteiger charge is 2.46. The summed E-state index contributed by atoms with van der Waals surface area (Å²) < 4.78 is 4.62. The minimum absolute atomic E-state index is 0.00604. The number of aromatic carboxylic acids is 1. The van der Waals surface area contributed by atoms with E-state index >= 15 is 0 Å². The number of ether oxygens (including phenoxy) is 1. The van der Waals surface area contributed by atoms with Crippen molar-refractivity contribution in [1.29, 1.82) is 0 Å². The number of Topliss-reactive ketones (excluding diaryl/α,β-unsaturated/α-hetero) is 3. The van der Waals surface area contributed by atoms with E-state index in [4.69, 9.17) is 0 Å². The summed E-state index contributed by atoms with van der Waals surface area (Å²) in [5, 5.41) is 25.4. The SMILES string of the molecule is COC(=O)/C=C/CC[C@H](CC(=O)c1cnccc1C(=O)O)C(=O)N[C@H](C(=O)N1CC(=O)C[C@H]1C(=O)N[C@H](C(=O)C[C@H](C(=O)O)C1CCCCC1)C1CCCCC1)C(C)(C)C. The molecule has 5 atom stereocenters. The lowest BCUT2D eigenvalue weighted by Crippen LogP contribution is -2.59. The molecule has 0 bridgehead atoms. The first-order chi connectivity index (χ1) is 28.4. The molecule has 1 aromatic heterocycles. The molecule has 328 valence electrons. The van der Waals surface area contributed by atoms with Gasteiger partial charge in [0.25, 0.3) is 0 Å². The molecule has 1 aromatic rings. The number of rotatable bonds is 19. The number of methoxy groups -OCH3 is 1. The maximum absolute atomic E-state index is 14.5. The van der Waals surface area contributed by atoms with Crippen molar-refractivity contribution >= 4 is 53.0 Å². The summed E-state index contributed by atoms with van der Waals surface area (Å²) in [6.45, 7) is 4.61. The van der Waals surface area contributed by atoms with Crippen molar-refractivity contribution < 1.29 is 58.1 Å². The van der Waals surface area contributed by atoms with E-state index < -0.39 is 95.5 Å². The molecule has 2 heterocycles. The number of nitrogens with one attached hydrogen (secondary N) is 2. The second-order valence-electron chi connectivity index (χ2n) is 17.5. The van der Waals surface area contributed by atoms with Gasteiger partial charge in [-0.2, -0.15) is 0 Å². The van der Waals surface area contributed by atoms with Crippen LogP contribution in [-0.2, 0) is 38.3 Å². The van der Waals surface area contributed by atoms with Crippen molar-refractivity contribution in [3.05, 3.63) is 41.7 Å². The molecular weight excluding hydrogens is 776 g/mol. The van der Waals surface area contributed by atoms with Crippen LogP contribution in [0, 0.1) is 29.1 Å². The highest BCUT2D eigenvalue weighted by Crippen LogP contribution is 2.35. The third-order valence-electron chi connectivity index (χ3n) is 12.1. The summed E-state index contributed by atoms with van der Waals surface area (Å²) in [7, 11) is 1.20. The van der Waals surface area contributed by atoms with Gasteiger partial charge in [0.05, 0.1) is 36.7 Å². The fourth-order valence-electron chi connectivity index (χ4n) is 8.75. The molecule has 0 aromatic carbocycles. The average molecular weight is 837 g/mol. The van der Waals surface area contributed by atoms with Crippen LogP contribution in [-0.4, -0.2) is 105 Å². The number of amides is 3. The van der Waals surface area contributed by atoms with Gasteiger partial charge in [-0.15, -0.1) is 0 Å². The zero-order valence-electron chi connectivity index (χ0n) is 35.1. The highest BCUT2D eigenvalue weighted by molar-refractivity contribution is 6.07. The fourth-order valence-corrected chi connectivity index (χ4v) is 8.75. The summed E-state index contributed by atoms with van der Waals surface area (Å²) in [6.07, 6.45) is 12.3. The van der Waals surface area contributed by atoms with Crippen molar-refractivity contribution in [2.45, 2.75) is 135 Å². The number of carboxylic acid groups (broad SMARTS) is 2. The van der Waals surface area contributed by atoms with Crippen LogP contribution in [0.4, 0.5) is 0 Å². The van der Waals surface area contributed by atoms with Crippen LogP contribution < -0.4 is 10.6 Å². The minimum atomic E-state index is -1.36. The van der Waals surface area contributed by atoms with E-state index in [1.807, 2.05) is 0 Å². The lowest BCUT2D eigenvalue weighted by atomic mass is 9.75. The molecule has 3 amide bonds. The van der Waals surface area contributed by atoms with Gasteiger partial charge >= 0.3 is 17.9 Å². The monoisotopic (exact) mass is 836 g/mol. The maximum Gasteiger partial charge on any atom is 0.336 e. The van der Waals surface area contributed by atoms with Gasteiger partial charge < -0.3 is 30.5 Å². The number of nitrogens with zero attached hydrogens (tertiary/aromatic N) is 2. The van der Waals surface area contributed by atoms with Crippen LogP contribution in [0.15, 0.2) is 30.6 Å². The fraction of sp³-hybridized carbons (Fsp3) is 0.636. The standard InChI is InChI=1S/C44H60N4O12/c1-44(2,3)38(47-39(53)28(17-11-12-18-36(52)60-4)21-34(50)32-24-45-20-19-30(32)42(56)57)41(55)48-25-29(49)22-33(48)40(54)46-37(27-15-9-6-10-16-27)35(51)23-31(43(58)59)26-13-7-5-8-14-26/h12,18-20,24,26-28,31,33,37-38H,5-11,13-17,21-23,25H2,1-4H3,(H,46,54)(H,47,53)(H,56,57)(H,58,59)/b18-12+/t28-,31+,33+,37+,38-/m1/s1. The molecule has 3 aliphatic rings. The third-order valence-corrected chi connectivity index (χ3v) is 12.1. The largest absolute Gasteiger partial charge is 0.481 e. The number of carboxylic acids is 2.